The summed E-state index contributed by atoms with van der Waals surface area (Å²) >= 11 is 1.55. The number of nitrogens with one attached hydrogen (secondary N) is 1. The van der Waals surface area contributed by atoms with Crippen LogP contribution in [0.2, 0.25) is 0 Å². The molecule has 0 saturated carbocycles. The molecule has 1 saturated heterocycles. The van der Waals surface area contributed by atoms with Crippen LogP contribution in [0, 0.1) is 6.92 Å². The lowest BCUT2D eigenvalue weighted by Crippen LogP contribution is -2.40. The molecule has 0 radical (unpaired) electrons. The zero-order chi connectivity index (χ0) is 18.8. The lowest BCUT2D eigenvalue weighted by molar-refractivity contribution is 0.0702. The lowest BCUT2D eigenvalue weighted by atomic mass is 9.96. The van der Waals surface area contributed by atoms with Crippen molar-refractivity contribution >= 4 is 17.2 Å². The van der Waals surface area contributed by atoms with Crippen LogP contribution in [0.15, 0.2) is 40.9 Å². The van der Waals surface area contributed by atoms with Gasteiger partial charge in [-0.15, -0.1) is 11.3 Å². The van der Waals surface area contributed by atoms with Gasteiger partial charge in [-0.3, -0.25) is 9.59 Å². The van der Waals surface area contributed by atoms with E-state index in [4.69, 9.17) is 0 Å². The van der Waals surface area contributed by atoms with Crippen LogP contribution in [-0.4, -0.2) is 43.8 Å². The van der Waals surface area contributed by atoms with Crippen LogP contribution < -0.4 is 5.56 Å². The van der Waals surface area contributed by atoms with E-state index >= 15 is 0 Å². The van der Waals surface area contributed by atoms with E-state index in [2.05, 4.69) is 19.9 Å². The van der Waals surface area contributed by atoms with Crippen molar-refractivity contribution in [1.82, 2.24) is 24.8 Å². The molecule has 3 aromatic heterocycles. The first-order valence-electron chi connectivity index (χ1n) is 8.83. The normalized spacial score (nSPS) is 17.1. The molecule has 7 nitrogen and oxygen atoms in total. The number of H-pyrrole nitrogens is 1. The minimum absolute atomic E-state index is 0.000231. The predicted octanol–water partition coefficient (Wildman–Crippen LogP) is 2.62. The summed E-state index contributed by atoms with van der Waals surface area (Å²) in [6, 6.07) is 5.41. The Morgan fingerprint density at radius 2 is 2.30 bits per heavy atom. The molecule has 3 aromatic rings. The monoisotopic (exact) mass is 381 g/mol. The van der Waals surface area contributed by atoms with Gasteiger partial charge in [0.25, 0.3) is 11.5 Å². The van der Waals surface area contributed by atoms with Crippen LogP contribution in [0.3, 0.4) is 0 Å². The van der Waals surface area contributed by atoms with Crippen molar-refractivity contribution in [1.29, 1.82) is 0 Å². The first kappa shape index (κ1) is 17.5. The number of hydrogen-bond donors (Lipinski definition) is 1. The summed E-state index contributed by atoms with van der Waals surface area (Å²) < 4.78 is 0. The topological polar surface area (TPSA) is 91.8 Å². The average Bonchev–Trinajstić information content (AvgIpc) is 3.22. The van der Waals surface area contributed by atoms with Gasteiger partial charge < -0.3 is 9.88 Å². The van der Waals surface area contributed by atoms with E-state index in [0.29, 0.717) is 35.9 Å². The molecule has 0 aromatic carbocycles. The molecule has 0 aliphatic carbocycles. The van der Waals surface area contributed by atoms with Crippen molar-refractivity contribution in [3.63, 3.8) is 0 Å². The van der Waals surface area contributed by atoms with Gasteiger partial charge in [0.15, 0.2) is 0 Å². The molecular weight excluding hydrogens is 362 g/mol. The van der Waals surface area contributed by atoms with Gasteiger partial charge in [-0.1, -0.05) is 6.07 Å². The average molecular weight is 381 g/mol. The Bertz CT molecular complexity index is 1010. The molecule has 0 bridgehead atoms. The molecule has 1 fully saturated rings. The Balaban J connectivity index is 1.59. The molecule has 8 heteroatoms. The first-order chi connectivity index (χ1) is 13.1. The number of aromatic amines is 1. The summed E-state index contributed by atoms with van der Waals surface area (Å²) in [4.78, 5) is 43.4. The second-order valence-corrected chi connectivity index (χ2v) is 7.55. The van der Waals surface area contributed by atoms with E-state index in [0.717, 1.165) is 17.7 Å². The van der Waals surface area contributed by atoms with E-state index in [9.17, 15) is 9.59 Å². The number of nitrogens with zero attached hydrogens (tertiary/aromatic N) is 4. The second kappa shape index (κ2) is 7.40. The maximum absolute atomic E-state index is 12.9. The number of aryl methyl sites for hydroxylation is 1. The van der Waals surface area contributed by atoms with Crippen LogP contribution in [0.5, 0.6) is 0 Å². The van der Waals surface area contributed by atoms with Crippen LogP contribution in [0.4, 0.5) is 0 Å². The third kappa shape index (κ3) is 3.66. The standard InChI is InChI=1S/C19H19N5O2S/c1-12-14(9-20-11-21-12)19(26)24-6-2-4-13(10-24)18-22-15(8-17(25)23-18)16-5-3-7-27-16/h3,5,7-9,11,13H,2,4,6,10H2,1H3,(H,22,23,25)/t13-/m0/s1. The van der Waals surface area contributed by atoms with Crippen LogP contribution >= 0.6 is 11.3 Å². The Morgan fingerprint density at radius 3 is 3.07 bits per heavy atom. The molecule has 1 N–H and O–H groups in total. The van der Waals surface area contributed by atoms with Crippen LogP contribution in [0.25, 0.3) is 10.6 Å². The zero-order valence-corrected chi connectivity index (χ0v) is 15.7. The summed E-state index contributed by atoms with van der Waals surface area (Å²) in [5, 5.41) is 1.96. The number of thiophene rings is 1. The number of hydrogen-bond acceptors (Lipinski definition) is 6. The second-order valence-electron chi connectivity index (χ2n) is 6.61. The van der Waals surface area contributed by atoms with Gasteiger partial charge in [0.1, 0.15) is 12.2 Å². The molecule has 1 aliphatic heterocycles. The van der Waals surface area contributed by atoms with Gasteiger partial charge in [-0.2, -0.15) is 0 Å². The SMILES string of the molecule is Cc1ncncc1C(=O)N1CCC[C@H](c2nc(-c3cccs3)cc(=O)[nH]2)C1. The van der Waals surface area contributed by atoms with E-state index in [1.165, 1.54) is 12.4 Å². The smallest absolute Gasteiger partial charge is 0.257 e. The van der Waals surface area contributed by atoms with E-state index in [-0.39, 0.29) is 17.4 Å². The van der Waals surface area contributed by atoms with Crippen LogP contribution in [0.1, 0.15) is 40.6 Å². The number of carbonyl (C=O) groups is 1. The van der Waals surface area contributed by atoms with Gasteiger partial charge in [-0.25, -0.2) is 15.0 Å². The summed E-state index contributed by atoms with van der Waals surface area (Å²) in [5.74, 6) is 0.569. The Morgan fingerprint density at radius 1 is 1.41 bits per heavy atom. The Labute approximate surface area is 160 Å². The molecule has 1 amide bonds. The van der Waals surface area contributed by atoms with Crippen molar-refractivity contribution in [2.24, 2.45) is 0 Å². The first-order valence-corrected chi connectivity index (χ1v) is 9.71. The van der Waals surface area contributed by atoms with Gasteiger partial charge in [-0.05, 0) is 31.2 Å². The fourth-order valence-corrected chi connectivity index (χ4v) is 4.06. The molecule has 4 rings (SSSR count). The third-order valence-corrected chi connectivity index (χ3v) is 5.66. The molecule has 1 aliphatic rings. The van der Waals surface area contributed by atoms with Gasteiger partial charge >= 0.3 is 0 Å². The Hall–Kier alpha value is -2.87. The van der Waals surface area contributed by atoms with Crippen molar-refractivity contribution in [2.45, 2.75) is 25.7 Å². The minimum Gasteiger partial charge on any atom is -0.338 e. The summed E-state index contributed by atoms with van der Waals surface area (Å²) in [5.41, 5.74) is 1.70. The highest BCUT2D eigenvalue weighted by Crippen LogP contribution is 2.28. The Kier molecular flexibility index (Phi) is 4.81. The molecule has 0 spiro atoms. The molecule has 138 valence electrons. The summed E-state index contributed by atoms with van der Waals surface area (Å²) in [7, 11) is 0. The van der Waals surface area contributed by atoms with Crippen molar-refractivity contribution < 1.29 is 4.79 Å². The fraction of sp³-hybridized carbons (Fsp3) is 0.316. The quantitative estimate of drug-likeness (QED) is 0.753. The minimum atomic E-state index is -0.167. The van der Waals surface area contributed by atoms with Crippen LogP contribution in [-0.2, 0) is 0 Å². The highest BCUT2D eigenvalue weighted by atomic mass is 32.1. The van der Waals surface area contributed by atoms with Crippen molar-refractivity contribution in [2.75, 3.05) is 13.1 Å². The van der Waals surface area contributed by atoms with E-state index in [1.54, 1.807) is 29.4 Å². The zero-order valence-electron chi connectivity index (χ0n) is 14.9. The van der Waals surface area contributed by atoms with Gasteiger partial charge in [0.05, 0.1) is 21.8 Å². The molecule has 4 heterocycles. The summed E-state index contributed by atoms with van der Waals surface area (Å²) in [6.45, 7) is 3.00. The number of piperidine rings is 1. The predicted molar refractivity (Wildman–Crippen MR) is 103 cm³/mol. The van der Waals surface area contributed by atoms with E-state index < -0.39 is 0 Å². The fourth-order valence-electron chi connectivity index (χ4n) is 3.38. The number of likely N-dealkylation sites (tertiary alicyclic amines) is 1. The maximum Gasteiger partial charge on any atom is 0.257 e. The van der Waals surface area contributed by atoms with Crippen molar-refractivity contribution in [3.05, 3.63) is 63.5 Å². The maximum atomic E-state index is 12.9. The van der Waals surface area contributed by atoms with Crippen molar-refractivity contribution in [3.8, 4) is 10.6 Å². The number of aromatic nitrogens is 4. The number of amides is 1. The van der Waals surface area contributed by atoms with Gasteiger partial charge in [0.2, 0.25) is 0 Å². The molecular formula is C19H19N5O2S. The molecule has 1 atom stereocenters. The highest BCUT2D eigenvalue weighted by Gasteiger charge is 2.28. The number of carbonyl (C=O) groups excluding carboxylic acids is 1. The van der Waals surface area contributed by atoms with E-state index in [1.807, 2.05) is 17.5 Å². The highest BCUT2D eigenvalue weighted by molar-refractivity contribution is 7.13. The largest absolute Gasteiger partial charge is 0.338 e. The summed E-state index contributed by atoms with van der Waals surface area (Å²) in [6.07, 6.45) is 4.74. The molecule has 27 heavy (non-hydrogen) atoms. The molecule has 0 unspecified atom stereocenters. The third-order valence-electron chi connectivity index (χ3n) is 4.77. The van der Waals surface area contributed by atoms with Gasteiger partial charge in [0, 0.05) is 31.3 Å². The lowest BCUT2D eigenvalue weighted by Gasteiger charge is -2.32. The number of rotatable bonds is 3.